The van der Waals surface area contributed by atoms with E-state index in [4.69, 9.17) is 11.6 Å². The molecule has 0 amide bonds. The molecule has 0 aliphatic carbocycles. The lowest BCUT2D eigenvalue weighted by molar-refractivity contribution is -0.940. The van der Waals surface area contributed by atoms with E-state index in [0.717, 1.165) is 24.7 Å². The average Bonchev–Trinajstić information content (AvgIpc) is 2.18. The number of halogens is 3. The zero-order valence-corrected chi connectivity index (χ0v) is 11.5. The van der Waals surface area contributed by atoms with Crippen LogP contribution in [0.25, 0.3) is 0 Å². The van der Waals surface area contributed by atoms with Crippen LogP contribution in [0.4, 0.5) is 0 Å². The molecule has 1 rings (SSSR count). The van der Waals surface area contributed by atoms with Gasteiger partial charge in [0.05, 0.1) is 20.1 Å². The van der Waals surface area contributed by atoms with Crippen molar-refractivity contribution in [1.82, 2.24) is 5.43 Å². The highest BCUT2D eigenvalue weighted by molar-refractivity contribution is 6.30. The Bertz CT molecular complexity index is 267. The monoisotopic (exact) mass is 285 g/mol. The third-order valence-corrected chi connectivity index (χ3v) is 2.24. The Morgan fingerprint density at radius 2 is 1.81 bits per heavy atom. The summed E-state index contributed by atoms with van der Waals surface area (Å²) >= 11 is 5.80. The summed E-state index contributed by atoms with van der Waals surface area (Å²) in [6.07, 6.45) is 0. The molecular formula is C10H18Cl3N3. The fourth-order valence-corrected chi connectivity index (χ4v) is 1.40. The van der Waals surface area contributed by atoms with Crippen LogP contribution in [0.5, 0.6) is 0 Å². The lowest BCUT2D eigenvalue weighted by atomic mass is 10.2. The van der Waals surface area contributed by atoms with Gasteiger partial charge in [-0.2, -0.15) is 5.43 Å². The molecule has 0 spiro atoms. The Labute approximate surface area is 114 Å². The highest BCUT2D eigenvalue weighted by atomic mass is 35.5. The molecule has 0 aliphatic rings. The molecule has 6 heteroatoms. The van der Waals surface area contributed by atoms with E-state index in [1.807, 2.05) is 12.1 Å². The van der Waals surface area contributed by atoms with Gasteiger partial charge in [-0.05, 0) is 12.1 Å². The number of quaternary nitrogens is 2. The number of hydrogen-bond donors (Lipinski definition) is 3. The van der Waals surface area contributed by atoms with Gasteiger partial charge in [0.25, 0.3) is 0 Å². The summed E-state index contributed by atoms with van der Waals surface area (Å²) in [6, 6.07) is 7.95. The first-order valence-electron chi connectivity index (χ1n) is 4.82. The van der Waals surface area contributed by atoms with Crippen LogP contribution in [0.1, 0.15) is 5.56 Å². The zero-order chi connectivity index (χ0) is 10.4. The largest absolute Gasteiger partial charge is 1.00 e. The van der Waals surface area contributed by atoms with Crippen LogP contribution in [0, 0.1) is 0 Å². The SMILES string of the molecule is C[NH+](Cc1ccc(Cl)cc1)NCC[NH3+].[Cl-].[Cl-]. The molecular weight excluding hydrogens is 268 g/mol. The van der Waals surface area contributed by atoms with Crippen LogP contribution < -0.4 is 41.0 Å². The molecule has 5 N–H and O–H groups in total. The summed E-state index contributed by atoms with van der Waals surface area (Å²) in [5.41, 5.74) is 8.38. The first-order chi connectivity index (χ1) is 6.72. The maximum Gasteiger partial charge on any atom is 0.120 e. The molecule has 0 fully saturated rings. The van der Waals surface area contributed by atoms with E-state index in [2.05, 4.69) is 30.3 Å². The second-order valence-electron chi connectivity index (χ2n) is 3.36. The van der Waals surface area contributed by atoms with Crippen molar-refractivity contribution in [3.8, 4) is 0 Å². The minimum Gasteiger partial charge on any atom is -1.00 e. The molecule has 0 bridgehead atoms. The van der Waals surface area contributed by atoms with Crippen LogP contribution >= 0.6 is 11.6 Å². The van der Waals surface area contributed by atoms with Gasteiger partial charge >= 0.3 is 0 Å². The Morgan fingerprint density at radius 1 is 1.25 bits per heavy atom. The fourth-order valence-electron chi connectivity index (χ4n) is 1.27. The normalized spacial score (nSPS) is 11.2. The fraction of sp³-hybridized carbons (Fsp3) is 0.400. The number of nitrogens with one attached hydrogen (secondary N) is 2. The molecule has 0 saturated heterocycles. The second-order valence-corrected chi connectivity index (χ2v) is 3.80. The van der Waals surface area contributed by atoms with Gasteiger partial charge in [-0.1, -0.05) is 23.7 Å². The lowest BCUT2D eigenvalue weighted by Gasteiger charge is -2.13. The van der Waals surface area contributed by atoms with Gasteiger partial charge in [0.2, 0.25) is 0 Å². The molecule has 0 heterocycles. The van der Waals surface area contributed by atoms with Gasteiger partial charge < -0.3 is 30.5 Å². The van der Waals surface area contributed by atoms with E-state index in [0.29, 0.717) is 0 Å². The minimum absolute atomic E-state index is 0. The van der Waals surface area contributed by atoms with Gasteiger partial charge in [-0.15, -0.1) is 0 Å². The van der Waals surface area contributed by atoms with Crippen LogP contribution in [0.2, 0.25) is 5.02 Å². The number of rotatable bonds is 5. The van der Waals surface area contributed by atoms with E-state index < -0.39 is 0 Å². The maximum absolute atomic E-state index is 5.80. The summed E-state index contributed by atoms with van der Waals surface area (Å²) in [7, 11) is 2.10. The molecule has 0 aliphatic heterocycles. The van der Waals surface area contributed by atoms with E-state index >= 15 is 0 Å². The van der Waals surface area contributed by atoms with E-state index in [1.165, 1.54) is 10.6 Å². The van der Waals surface area contributed by atoms with Crippen LogP contribution in [-0.2, 0) is 6.54 Å². The molecule has 1 atom stereocenters. The third-order valence-electron chi connectivity index (χ3n) is 1.99. The van der Waals surface area contributed by atoms with Crippen LogP contribution in [0.3, 0.4) is 0 Å². The van der Waals surface area contributed by atoms with Crippen molar-refractivity contribution >= 4 is 11.6 Å². The quantitative estimate of drug-likeness (QED) is 0.463. The molecule has 1 aromatic carbocycles. The predicted octanol–water partition coefficient (Wildman–Crippen LogP) is -6.89. The molecule has 1 unspecified atom stereocenters. The van der Waals surface area contributed by atoms with Gasteiger partial charge in [0.15, 0.2) is 0 Å². The van der Waals surface area contributed by atoms with E-state index in [9.17, 15) is 0 Å². The standard InChI is InChI=1S/C10H16ClN3.2ClH/c1-14(13-7-6-12)8-9-2-4-10(11)5-3-9;;/h2-5,13H,6-8,12H2,1H3;2*1H. The molecule has 3 nitrogen and oxygen atoms in total. The number of benzene rings is 1. The van der Waals surface area contributed by atoms with Gasteiger partial charge in [-0.25, -0.2) is 0 Å². The predicted molar refractivity (Wildman–Crippen MR) is 57.8 cm³/mol. The summed E-state index contributed by atoms with van der Waals surface area (Å²) in [5.74, 6) is 0. The highest BCUT2D eigenvalue weighted by Crippen LogP contribution is 2.08. The Kier molecular flexibility index (Phi) is 11.6. The Morgan fingerprint density at radius 3 is 2.31 bits per heavy atom. The van der Waals surface area contributed by atoms with E-state index in [1.54, 1.807) is 0 Å². The first-order valence-corrected chi connectivity index (χ1v) is 5.20. The summed E-state index contributed by atoms with van der Waals surface area (Å²) in [6.45, 7) is 2.81. The third kappa shape index (κ3) is 7.28. The van der Waals surface area contributed by atoms with Crippen LogP contribution in [-0.4, -0.2) is 20.1 Å². The minimum atomic E-state index is 0. The summed E-state index contributed by atoms with van der Waals surface area (Å²) in [5, 5.41) is 2.06. The van der Waals surface area contributed by atoms with Crippen molar-refractivity contribution in [2.75, 3.05) is 20.1 Å². The zero-order valence-electron chi connectivity index (χ0n) is 9.27. The molecule has 0 aromatic heterocycles. The van der Waals surface area contributed by atoms with Gasteiger partial charge in [-0.3, -0.25) is 5.01 Å². The van der Waals surface area contributed by atoms with Crippen molar-refractivity contribution in [3.05, 3.63) is 34.9 Å². The topological polar surface area (TPSA) is 44.1 Å². The van der Waals surface area contributed by atoms with Crippen LogP contribution in [0.15, 0.2) is 24.3 Å². The van der Waals surface area contributed by atoms with E-state index in [-0.39, 0.29) is 24.8 Å². The summed E-state index contributed by atoms with van der Waals surface area (Å²) in [4.78, 5) is 0. The molecule has 1 aromatic rings. The lowest BCUT2D eigenvalue weighted by Crippen LogP contribution is -3.15. The first kappa shape index (κ1) is 18.3. The van der Waals surface area contributed by atoms with Gasteiger partial charge in [0.1, 0.15) is 6.54 Å². The Balaban J connectivity index is 0. The van der Waals surface area contributed by atoms with Crippen molar-refractivity contribution < 1.29 is 35.6 Å². The average molecular weight is 287 g/mol. The van der Waals surface area contributed by atoms with Crippen molar-refractivity contribution in [1.29, 1.82) is 0 Å². The van der Waals surface area contributed by atoms with Gasteiger partial charge in [0, 0.05) is 10.6 Å². The molecule has 0 saturated carbocycles. The van der Waals surface area contributed by atoms with Crippen molar-refractivity contribution in [2.24, 2.45) is 0 Å². The smallest absolute Gasteiger partial charge is 0.120 e. The molecule has 94 valence electrons. The second kappa shape index (κ2) is 10.1. The molecule has 16 heavy (non-hydrogen) atoms. The highest BCUT2D eigenvalue weighted by Gasteiger charge is 2.02. The maximum atomic E-state index is 5.80. The Hall–Kier alpha value is -0.0300. The summed E-state index contributed by atoms with van der Waals surface area (Å²) < 4.78 is 0. The number of hydrogen-bond acceptors (Lipinski definition) is 1. The van der Waals surface area contributed by atoms with Crippen molar-refractivity contribution in [3.63, 3.8) is 0 Å². The molecule has 0 radical (unpaired) electrons. The van der Waals surface area contributed by atoms with Crippen molar-refractivity contribution in [2.45, 2.75) is 6.54 Å².